The number of anilines is 1. The molecule has 0 spiro atoms. The lowest BCUT2D eigenvalue weighted by atomic mass is 10.1. The molecule has 0 saturated carbocycles. The van der Waals surface area contributed by atoms with Gasteiger partial charge in [-0.1, -0.05) is 6.92 Å². The number of aromatic nitrogens is 5. The molecule has 0 amide bonds. The van der Waals surface area contributed by atoms with Gasteiger partial charge in [-0.2, -0.15) is 10.1 Å². The quantitative estimate of drug-likeness (QED) is 0.484. The second-order valence-corrected chi connectivity index (χ2v) is 7.78. The number of morpholine rings is 1. The van der Waals surface area contributed by atoms with Crippen molar-refractivity contribution in [2.24, 2.45) is 7.05 Å². The molecule has 1 unspecified atom stereocenters. The molecule has 0 aliphatic carbocycles. The number of aryl methyl sites for hydroxylation is 2. The third-order valence-corrected chi connectivity index (χ3v) is 5.60. The van der Waals surface area contributed by atoms with Crippen LogP contribution in [-0.4, -0.2) is 44.4 Å². The van der Waals surface area contributed by atoms with Crippen molar-refractivity contribution >= 4 is 17.0 Å². The highest BCUT2D eigenvalue weighted by Gasteiger charge is 2.26. The zero-order valence-corrected chi connectivity index (χ0v) is 17.8. The molecule has 1 saturated heterocycles. The first-order valence-corrected chi connectivity index (χ1v) is 10.5. The molecule has 5 rings (SSSR count). The van der Waals surface area contributed by atoms with E-state index < -0.39 is 11.6 Å². The van der Waals surface area contributed by atoms with Gasteiger partial charge >= 0.3 is 0 Å². The van der Waals surface area contributed by atoms with Crippen LogP contribution in [0.25, 0.3) is 22.3 Å². The Morgan fingerprint density at radius 1 is 1.12 bits per heavy atom. The van der Waals surface area contributed by atoms with E-state index in [2.05, 4.69) is 10.1 Å². The third-order valence-electron chi connectivity index (χ3n) is 5.60. The molecule has 1 aliphatic heterocycles. The van der Waals surface area contributed by atoms with Crippen LogP contribution >= 0.6 is 0 Å². The van der Waals surface area contributed by atoms with E-state index in [0.717, 1.165) is 23.7 Å². The van der Waals surface area contributed by atoms with E-state index in [4.69, 9.17) is 14.7 Å². The summed E-state index contributed by atoms with van der Waals surface area (Å²) in [4.78, 5) is 16.1. The fourth-order valence-electron chi connectivity index (χ4n) is 3.90. The van der Waals surface area contributed by atoms with Crippen molar-refractivity contribution in [2.45, 2.75) is 19.4 Å². The minimum absolute atomic E-state index is 0.183. The lowest BCUT2D eigenvalue weighted by Crippen LogP contribution is -2.39. The van der Waals surface area contributed by atoms with Crippen molar-refractivity contribution in [1.82, 2.24) is 24.7 Å². The number of fused-ring (bicyclic) bond motifs is 1. The highest BCUT2D eigenvalue weighted by atomic mass is 19.1. The average molecular weight is 436 g/mol. The maximum atomic E-state index is 14.7. The Morgan fingerprint density at radius 3 is 2.75 bits per heavy atom. The number of rotatable bonds is 4. The van der Waals surface area contributed by atoms with Crippen LogP contribution in [0.2, 0.25) is 0 Å². The third kappa shape index (κ3) is 3.80. The summed E-state index contributed by atoms with van der Waals surface area (Å²) in [6, 6.07) is 7.23. The molecule has 0 bridgehead atoms. The summed E-state index contributed by atoms with van der Waals surface area (Å²) < 4.78 is 35.9. The van der Waals surface area contributed by atoms with Crippen molar-refractivity contribution in [3.05, 3.63) is 65.6 Å². The van der Waals surface area contributed by atoms with E-state index in [-0.39, 0.29) is 11.7 Å². The summed E-state index contributed by atoms with van der Waals surface area (Å²) in [7, 11) is 1.86. The van der Waals surface area contributed by atoms with Crippen LogP contribution in [0.1, 0.15) is 24.3 Å². The Morgan fingerprint density at radius 2 is 2.00 bits per heavy atom. The van der Waals surface area contributed by atoms with E-state index in [1.807, 2.05) is 37.2 Å². The molecule has 0 radical (unpaired) electrons. The van der Waals surface area contributed by atoms with Crippen molar-refractivity contribution in [3.63, 3.8) is 0 Å². The van der Waals surface area contributed by atoms with Crippen LogP contribution in [0.15, 0.2) is 42.7 Å². The maximum absolute atomic E-state index is 14.7. The molecular formula is C23H22F2N6O. The highest BCUT2D eigenvalue weighted by Crippen LogP contribution is 2.31. The van der Waals surface area contributed by atoms with Gasteiger partial charge in [-0.25, -0.2) is 18.7 Å². The molecule has 1 atom stereocenters. The topological polar surface area (TPSA) is 69.0 Å². The normalized spacial score (nSPS) is 16.6. The Hall–Kier alpha value is -3.46. The van der Waals surface area contributed by atoms with Gasteiger partial charge < -0.3 is 9.64 Å². The number of pyridine rings is 1. The van der Waals surface area contributed by atoms with Gasteiger partial charge in [0.15, 0.2) is 5.65 Å². The van der Waals surface area contributed by atoms with Gasteiger partial charge in [0.2, 0.25) is 5.95 Å². The van der Waals surface area contributed by atoms with E-state index >= 15 is 0 Å². The molecule has 7 nitrogen and oxygen atoms in total. The largest absolute Gasteiger partial charge is 0.370 e. The fourth-order valence-corrected chi connectivity index (χ4v) is 3.90. The zero-order valence-electron chi connectivity index (χ0n) is 17.8. The van der Waals surface area contributed by atoms with Crippen LogP contribution in [0.5, 0.6) is 0 Å². The molecule has 4 heterocycles. The van der Waals surface area contributed by atoms with Gasteiger partial charge in [-0.15, -0.1) is 0 Å². The van der Waals surface area contributed by atoms with Gasteiger partial charge in [-0.3, -0.25) is 4.68 Å². The number of benzene rings is 1. The number of nitrogens with zero attached hydrogens (tertiary/aromatic N) is 6. The molecule has 3 aromatic heterocycles. The van der Waals surface area contributed by atoms with Crippen molar-refractivity contribution in [3.8, 4) is 11.3 Å². The number of halogens is 2. The standard InChI is InChI=1S/C23H22F2N6O/c1-3-16-5-7-18-21(17-6-4-15(24)10-19(17)25)28-23(29-22(18)27-16)31-8-9-32-20(13-31)14-11-26-30(2)12-14/h4-7,10-12,20H,3,8-9,13H2,1-2H3. The van der Waals surface area contributed by atoms with Crippen LogP contribution < -0.4 is 4.90 Å². The van der Waals surface area contributed by atoms with Crippen LogP contribution in [0, 0.1) is 11.6 Å². The molecule has 1 aromatic carbocycles. The van der Waals surface area contributed by atoms with Crippen LogP contribution in [0.3, 0.4) is 0 Å². The second-order valence-electron chi connectivity index (χ2n) is 7.78. The Labute approximate surface area is 183 Å². The lowest BCUT2D eigenvalue weighted by Gasteiger charge is -2.32. The summed E-state index contributed by atoms with van der Waals surface area (Å²) >= 11 is 0. The van der Waals surface area contributed by atoms with Gasteiger partial charge in [0.25, 0.3) is 0 Å². The Balaban J connectivity index is 1.61. The maximum Gasteiger partial charge on any atom is 0.228 e. The van der Waals surface area contributed by atoms with Gasteiger partial charge in [0.05, 0.1) is 25.0 Å². The molecule has 32 heavy (non-hydrogen) atoms. The van der Waals surface area contributed by atoms with Crippen molar-refractivity contribution in [1.29, 1.82) is 0 Å². The summed E-state index contributed by atoms with van der Waals surface area (Å²) in [6.07, 6.45) is 4.27. The Kier molecular flexibility index (Phi) is 5.26. The van der Waals surface area contributed by atoms with Crippen molar-refractivity contribution < 1.29 is 13.5 Å². The SMILES string of the molecule is CCc1ccc2c(-c3ccc(F)cc3F)nc(N3CCOC(c4cnn(C)c4)C3)nc2n1. The van der Waals surface area contributed by atoms with Crippen LogP contribution in [-0.2, 0) is 18.2 Å². The molecule has 4 aromatic rings. The summed E-state index contributed by atoms with van der Waals surface area (Å²) in [5, 5.41) is 4.84. The van der Waals surface area contributed by atoms with E-state index in [1.165, 1.54) is 12.1 Å². The predicted octanol–water partition coefficient (Wildman–Crippen LogP) is 3.84. The van der Waals surface area contributed by atoms with E-state index in [0.29, 0.717) is 42.4 Å². The van der Waals surface area contributed by atoms with Gasteiger partial charge in [0, 0.05) is 48.1 Å². The second kappa shape index (κ2) is 8.23. The fraction of sp³-hybridized carbons (Fsp3) is 0.304. The monoisotopic (exact) mass is 436 g/mol. The van der Waals surface area contributed by atoms with Gasteiger partial charge in [0.1, 0.15) is 17.7 Å². The smallest absolute Gasteiger partial charge is 0.228 e. The predicted molar refractivity (Wildman–Crippen MR) is 116 cm³/mol. The Bertz CT molecular complexity index is 1290. The summed E-state index contributed by atoms with van der Waals surface area (Å²) in [5.41, 5.74) is 2.93. The zero-order chi connectivity index (χ0) is 22.2. The average Bonchev–Trinajstić information content (AvgIpc) is 3.24. The summed E-state index contributed by atoms with van der Waals surface area (Å²) in [6.45, 7) is 3.61. The molecule has 164 valence electrons. The lowest BCUT2D eigenvalue weighted by molar-refractivity contribution is 0.0392. The molecule has 1 fully saturated rings. The van der Waals surface area contributed by atoms with Crippen LogP contribution in [0.4, 0.5) is 14.7 Å². The molecule has 9 heteroatoms. The minimum Gasteiger partial charge on any atom is -0.370 e. The summed E-state index contributed by atoms with van der Waals surface area (Å²) in [5.74, 6) is -0.872. The molecular weight excluding hydrogens is 414 g/mol. The van der Waals surface area contributed by atoms with Crippen molar-refractivity contribution in [2.75, 3.05) is 24.6 Å². The molecule has 1 aliphatic rings. The van der Waals surface area contributed by atoms with E-state index in [1.54, 1.807) is 10.9 Å². The first-order chi connectivity index (χ1) is 15.5. The van der Waals surface area contributed by atoms with Gasteiger partial charge in [-0.05, 0) is 30.7 Å². The minimum atomic E-state index is -0.675. The highest BCUT2D eigenvalue weighted by molar-refractivity contribution is 5.91. The number of hydrogen-bond acceptors (Lipinski definition) is 6. The number of hydrogen-bond donors (Lipinski definition) is 0. The first kappa shape index (κ1) is 20.4. The number of ether oxygens (including phenoxy) is 1. The molecule has 0 N–H and O–H groups in total. The van der Waals surface area contributed by atoms with E-state index in [9.17, 15) is 8.78 Å². The first-order valence-electron chi connectivity index (χ1n) is 10.5.